The van der Waals surface area contributed by atoms with Gasteiger partial charge in [-0.1, -0.05) is 0 Å². The molecule has 0 atom stereocenters. The lowest BCUT2D eigenvalue weighted by atomic mass is 10.2. The number of pyridine rings is 1. The summed E-state index contributed by atoms with van der Waals surface area (Å²) in [6.45, 7) is 2.48. The normalized spacial score (nSPS) is 14.0. The summed E-state index contributed by atoms with van der Waals surface area (Å²) in [4.78, 5) is 24.9. The number of aromatic nitrogens is 3. The smallest absolute Gasteiger partial charge is 0.271 e. The molecule has 0 amide bonds. The molecule has 1 saturated heterocycles. The molecule has 23 heavy (non-hydrogen) atoms. The minimum absolute atomic E-state index is 0.0499. The van der Waals surface area contributed by atoms with E-state index in [1.54, 1.807) is 23.4 Å². The molecule has 7 heteroatoms. The third-order valence-corrected chi connectivity index (χ3v) is 5.10. The Bertz CT molecular complexity index is 1080. The number of nitrogens with zero attached hydrogens (tertiary/aromatic N) is 4. The first-order chi connectivity index (χ1) is 11.3. The lowest BCUT2D eigenvalue weighted by molar-refractivity contribution is 0.489. The minimum Gasteiger partial charge on any atom is -0.467 e. The summed E-state index contributed by atoms with van der Waals surface area (Å²) >= 11 is 1.41. The van der Waals surface area contributed by atoms with Gasteiger partial charge in [0.1, 0.15) is 15.3 Å². The van der Waals surface area contributed by atoms with E-state index in [1.165, 1.54) is 11.3 Å². The van der Waals surface area contributed by atoms with Gasteiger partial charge in [0, 0.05) is 19.3 Å². The fourth-order valence-electron chi connectivity index (χ4n) is 2.81. The van der Waals surface area contributed by atoms with Gasteiger partial charge in [0.25, 0.3) is 5.56 Å². The van der Waals surface area contributed by atoms with Gasteiger partial charge in [0.2, 0.25) is 0 Å². The first kappa shape index (κ1) is 12.8. The average Bonchev–Trinajstić information content (AvgIpc) is 3.14. The number of rotatable bonds is 3. The third kappa shape index (κ3) is 1.97. The molecule has 114 valence electrons. The van der Waals surface area contributed by atoms with E-state index in [2.05, 4.69) is 14.9 Å². The SMILES string of the molecule is O=c1c2sc3nccc(N4CC4)c3c2ncn1Cc1ccco1. The highest BCUT2D eigenvalue weighted by atomic mass is 32.1. The molecule has 0 aromatic carbocycles. The quantitative estimate of drug-likeness (QED) is 0.542. The van der Waals surface area contributed by atoms with Gasteiger partial charge < -0.3 is 9.32 Å². The van der Waals surface area contributed by atoms with Crippen molar-refractivity contribution in [2.45, 2.75) is 6.54 Å². The predicted octanol–water partition coefficient (Wildman–Crippen LogP) is 2.47. The van der Waals surface area contributed by atoms with E-state index in [1.807, 2.05) is 18.2 Å². The maximum Gasteiger partial charge on any atom is 0.271 e. The molecule has 0 bridgehead atoms. The molecule has 6 nitrogen and oxygen atoms in total. The zero-order valence-corrected chi connectivity index (χ0v) is 12.9. The van der Waals surface area contributed by atoms with Crippen LogP contribution in [0.5, 0.6) is 0 Å². The maximum absolute atomic E-state index is 12.8. The Morgan fingerprint density at radius 2 is 2.17 bits per heavy atom. The Balaban J connectivity index is 1.74. The number of hydrogen-bond donors (Lipinski definition) is 0. The molecule has 0 saturated carbocycles. The summed E-state index contributed by atoms with van der Waals surface area (Å²) in [7, 11) is 0. The van der Waals surface area contributed by atoms with Gasteiger partial charge in [0.05, 0.1) is 35.7 Å². The van der Waals surface area contributed by atoms with Crippen molar-refractivity contribution in [3.8, 4) is 0 Å². The molecule has 1 aliphatic heterocycles. The molecule has 1 fully saturated rings. The number of anilines is 1. The zero-order chi connectivity index (χ0) is 15.4. The van der Waals surface area contributed by atoms with E-state index >= 15 is 0 Å². The van der Waals surface area contributed by atoms with E-state index < -0.39 is 0 Å². The fourth-order valence-corrected chi connectivity index (χ4v) is 3.87. The maximum atomic E-state index is 12.8. The number of hydrogen-bond acceptors (Lipinski definition) is 6. The number of fused-ring (bicyclic) bond motifs is 3. The summed E-state index contributed by atoms with van der Waals surface area (Å²) in [5.41, 5.74) is 1.82. The molecular weight excluding hydrogens is 312 g/mol. The van der Waals surface area contributed by atoms with Gasteiger partial charge in [-0.2, -0.15) is 0 Å². The Labute approximate surface area is 134 Å². The van der Waals surface area contributed by atoms with Crippen LogP contribution in [0.4, 0.5) is 5.69 Å². The second-order valence-corrected chi connectivity index (χ2v) is 6.53. The topological polar surface area (TPSA) is 63.9 Å². The Morgan fingerprint density at radius 1 is 1.26 bits per heavy atom. The second kappa shape index (κ2) is 4.66. The highest BCUT2D eigenvalue weighted by molar-refractivity contribution is 7.25. The van der Waals surface area contributed by atoms with Crippen LogP contribution in [-0.4, -0.2) is 27.6 Å². The van der Waals surface area contributed by atoms with Crippen molar-refractivity contribution in [1.82, 2.24) is 14.5 Å². The van der Waals surface area contributed by atoms with Crippen LogP contribution >= 0.6 is 11.3 Å². The van der Waals surface area contributed by atoms with E-state index in [9.17, 15) is 4.79 Å². The van der Waals surface area contributed by atoms with Gasteiger partial charge in [-0.15, -0.1) is 11.3 Å². The molecule has 0 unspecified atom stereocenters. The average molecular weight is 324 g/mol. The molecule has 1 aliphatic rings. The highest BCUT2D eigenvalue weighted by Crippen LogP contribution is 2.37. The lowest BCUT2D eigenvalue weighted by Crippen LogP contribution is -2.19. The van der Waals surface area contributed by atoms with Gasteiger partial charge in [-0.05, 0) is 18.2 Å². The molecule has 4 aromatic heterocycles. The van der Waals surface area contributed by atoms with Crippen LogP contribution in [0.25, 0.3) is 20.4 Å². The van der Waals surface area contributed by atoms with Crippen LogP contribution in [0, 0.1) is 0 Å². The monoisotopic (exact) mass is 324 g/mol. The van der Waals surface area contributed by atoms with E-state index in [4.69, 9.17) is 4.42 Å². The molecule has 0 N–H and O–H groups in total. The highest BCUT2D eigenvalue weighted by Gasteiger charge is 2.24. The van der Waals surface area contributed by atoms with Crippen molar-refractivity contribution in [3.05, 3.63) is 53.1 Å². The summed E-state index contributed by atoms with van der Waals surface area (Å²) in [5, 5.41) is 0.993. The van der Waals surface area contributed by atoms with E-state index in [-0.39, 0.29) is 5.56 Å². The lowest BCUT2D eigenvalue weighted by Gasteiger charge is -2.05. The molecule has 4 aromatic rings. The van der Waals surface area contributed by atoms with Gasteiger partial charge in [0.15, 0.2) is 0 Å². The van der Waals surface area contributed by atoms with Gasteiger partial charge >= 0.3 is 0 Å². The summed E-state index contributed by atoms with van der Waals surface area (Å²) < 4.78 is 7.55. The van der Waals surface area contributed by atoms with Crippen molar-refractivity contribution in [2.75, 3.05) is 18.0 Å². The summed E-state index contributed by atoms with van der Waals surface area (Å²) in [6.07, 6.45) is 5.00. The van der Waals surface area contributed by atoms with Crippen LogP contribution in [0.1, 0.15) is 5.76 Å². The van der Waals surface area contributed by atoms with Crippen LogP contribution in [0.15, 0.2) is 46.2 Å². The second-order valence-electron chi connectivity index (χ2n) is 5.53. The largest absolute Gasteiger partial charge is 0.467 e. The fraction of sp³-hybridized carbons (Fsp3) is 0.188. The summed E-state index contributed by atoms with van der Waals surface area (Å²) in [5.74, 6) is 0.734. The number of thiophene rings is 1. The Morgan fingerprint density at radius 3 is 2.96 bits per heavy atom. The van der Waals surface area contributed by atoms with Crippen LogP contribution in [0.2, 0.25) is 0 Å². The Kier molecular flexibility index (Phi) is 2.60. The van der Waals surface area contributed by atoms with E-state index in [0.717, 1.165) is 40.3 Å². The van der Waals surface area contributed by atoms with Crippen molar-refractivity contribution in [2.24, 2.45) is 0 Å². The van der Waals surface area contributed by atoms with E-state index in [0.29, 0.717) is 11.2 Å². The first-order valence-corrected chi connectivity index (χ1v) is 8.17. The van der Waals surface area contributed by atoms with Crippen molar-refractivity contribution in [3.63, 3.8) is 0 Å². The van der Waals surface area contributed by atoms with Crippen LogP contribution < -0.4 is 10.5 Å². The molecule has 0 aliphatic carbocycles. The first-order valence-electron chi connectivity index (χ1n) is 7.35. The van der Waals surface area contributed by atoms with Gasteiger partial charge in [-0.3, -0.25) is 9.36 Å². The van der Waals surface area contributed by atoms with Crippen LogP contribution in [0.3, 0.4) is 0 Å². The zero-order valence-electron chi connectivity index (χ0n) is 12.1. The third-order valence-electron chi connectivity index (χ3n) is 4.02. The molecule has 5 rings (SSSR count). The number of furan rings is 1. The Hall–Kier alpha value is -2.67. The molecule has 5 heterocycles. The van der Waals surface area contributed by atoms with Crippen molar-refractivity contribution in [1.29, 1.82) is 0 Å². The van der Waals surface area contributed by atoms with Gasteiger partial charge in [-0.25, -0.2) is 9.97 Å². The van der Waals surface area contributed by atoms with Crippen molar-refractivity contribution >= 4 is 37.5 Å². The van der Waals surface area contributed by atoms with Crippen LogP contribution in [-0.2, 0) is 6.54 Å². The molecular formula is C16H12N4O2S. The molecule has 0 spiro atoms. The molecule has 0 radical (unpaired) electrons. The minimum atomic E-state index is -0.0499. The van der Waals surface area contributed by atoms with Crippen molar-refractivity contribution < 1.29 is 4.42 Å². The predicted molar refractivity (Wildman–Crippen MR) is 89.2 cm³/mol. The standard InChI is InChI=1S/C16H12N4O2S/c21-16-14-13(18-9-20(16)8-10-2-1-7-22-10)12-11(19-5-6-19)3-4-17-15(12)23-14/h1-4,7,9H,5-6,8H2. The summed E-state index contributed by atoms with van der Waals surface area (Å²) in [6, 6.07) is 5.66.